The number of nitrogens with two attached hydrogens (primary N) is 1. The van der Waals surface area contributed by atoms with Crippen LogP contribution in [-0.4, -0.2) is 54.7 Å². The van der Waals surface area contributed by atoms with E-state index >= 15 is 0 Å². The molecule has 2 aromatic rings. The monoisotopic (exact) mass is 468 g/mol. The normalized spacial score (nSPS) is 16.3. The van der Waals surface area contributed by atoms with Crippen LogP contribution in [0.4, 0.5) is 4.79 Å². The van der Waals surface area contributed by atoms with Crippen LogP contribution in [0, 0.1) is 0 Å². The molecule has 0 bridgehead atoms. The maximum atomic E-state index is 12.1. The molecule has 3 rings (SSSR count). The highest BCUT2D eigenvalue weighted by molar-refractivity contribution is 6.42. The van der Waals surface area contributed by atoms with E-state index in [4.69, 9.17) is 33.7 Å². The average Bonchev–Trinajstić information content (AvgIpc) is 2.74. The third-order valence-corrected chi connectivity index (χ3v) is 5.53. The van der Waals surface area contributed by atoms with Crippen molar-refractivity contribution in [2.75, 3.05) is 26.2 Å². The summed E-state index contributed by atoms with van der Waals surface area (Å²) in [6.07, 6.45) is -0.0953. The number of urea groups is 1. The molecule has 1 fully saturated rings. The number of halogens is 2. The van der Waals surface area contributed by atoms with E-state index in [0.29, 0.717) is 41.8 Å². The Morgan fingerprint density at radius 3 is 2.45 bits per heavy atom. The van der Waals surface area contributed by atoms with E-state index in [1.165, 1.54) is 0 Å². The molecule has 0 spiro atoms. The van der Waals surface area contributed by atoms with Crippen LogP contribution in [0.5, 0.6) is 0 Å². The van der Waals surface area contributed by atoms with Gasteiger partial charge in [-0.05, 0) is 35.4 Å². The van der Waals surface area contributed by atoms with Gasteiger partial charge in [0.2, 0.25) is 5.91 Å². The zero-order chi connectivity index (χ0) is 21.5. The van der Waals surface area contributed by atoms with Crippen molar-refractivity contribution < 1.29 is 19.8 Å². The summed E-state index contributed by atoms with van der Waals surface area (Å²) >= 11 is 12.1. The first-order valence-corrected chi connectivity index (χ1v) is 10.3. The fourth-order valence-corrected chi connectivity index (χ4v) is 3.50. The van der Waals surface area contributed by atoms with Gasteiger partial charge in [-0.3, -0.25) is 9.69 Å². The molecule has 31 heavy (non-hydrogen) atoms. The molecule has 3 amide bonds. The summed E-state index contributed by atoms with van der Waals surface area (Å²) in [7, 11) is 0. The summed E-state index contributed by atoms with van der Waals surface area (Å²) in [6.45, 7) is 3.61. The summed E-state index contributed by atoms with van der Waals surface area (Å²) in [4.78, 5) is 25.4. The molecule has 10 heteroatoms. The standard InChI is InChI=1S/C21H24Cl2N4O3.H2O/c22-18-6-3-15(9-19(18)23)12-27-7-8-30-17(13-27)11-26-21(29)25-10-14-1-4-16(5-2-14)20(24)28;/h1-6,9,17H,7-8,10-13H2,(H2,24,28)(H2,25,26,29);1H2/t17-;/m0./s1. The van der Waals surface area contributed by atoms with Crippen LogP contribution in [0.25, 0.3) is 0 Å². The lowest BCUT2D eigenvalue weighted by molar-refractivity contribution is -0.0287. The van der Waals surface area contributed by atoms with Crippen molar-refractivity contribution in [2.45, 2.75) is 19.2 Å². The minimum Gasteiger partial charge on any atom is -0.412 e. The summed E-state index contributed by atoms with van der Waals surface area (Å²) < 4.78 is 5.76. The van der Waals surface area contributed by atoms with Crippen molar-refractivity contribution in [1.29, 1.82) is 0 Å². The fourth-order valence-electron chi connectivity index (χ4n) is 3.18. The number of rotatable bonds is 7. The summed E-state index contributed by atoms with van der Waals surface area (Å²) in [5.41, 5.74) is 7.60. The number of morpholine rings is 1. The molecular weight excluding hydrogens is 443 g/mol. The van der Waals surface area contributed by atoms with E-state index in [0.717, 1.165) is 24.2 Å². The van der Waals surface area contributed by atoms with E-state index in [2.05, 4.69) is 15.5 Å². The Morgan fingerprint density at radius 2 is 1.77 bits per heavy atom. The number of benzene rings is 2. The molecule has 0 aromatic heterocycles. The zero-order valence-electron chi connectivity index (χ0n) is 16.9. The first-order chi connectivity index (χ1) is 14.4. The Kier molecular flexibility index (Phi) is 9.54. The highest BCUT2D eigenvalue weighted by Gasteiger charge is 2.21. The van der Waals surface area contributed by atoms with E-state index in [-0.39, 0.29) is 17.6 Å². The summed E-state index contributed by atoms with van der Waals surface area (Å²) in [5, 5.41) is 6.71. The molecule has 2 aromatic carbocycles. The third kappa shape index (κ3) is 7.68. The Labute approximate surface area is 190 Å². The van der Waals surface area contributed by atoms with Crippen LogP contribution >= 0.6 is 23.2 Å². The smallest absolute Gasteiger partial charge is 0.315 e. The summed E-state index contributed by atoms with van der Waals surface area (Å²) in [5.74, 6) is -0.479. The molecule has 168 valence electrons. The minimum atomic E-state index is -0.479. The highest BCUT2D eigenvalue weighted by Crippen LogP contribution is 2.23. The molecule has 6 N–H and O–H groups in total. The Hall–Kier alpha value is -2.36. The highest BCUT2D eigenvalue weighted by atomic mass is 35.5. The van der Waals surface area contributed by atoms with Gasteiger partial charge >= 0.3 is 6.03 Å². The van der Waals surface area contributed by atoms with Gasteiger partial charge in [0.05, 0.1) is 22.8 Å². The molecule has 0 radical (unpaired) electrons. The SMILES string of the molecule is NC(=O)c1ccc(CNC(=O)NC[C@H]2CN(Cc3ccc(Cl)c(Cl)c3)CCO2)cc1.O. The quantitative estimate of drug-likeness (QED) is 0.573. The van der Waals surface area contributed by atoms with Gasteiger partial charge in [0, 0.05) is 38.3 Å². The number of primary amides is 1. The topological polar surface area (TPSA) is 128 Å². The van der Waals surface area contributed by atoms with E-state index < -0.39 is 5.91 Å². The van der Waals surface area contributed by atoms with Crippen molar-refractivity contribution in [3.63, 3.8) is 0 Å². The lowest BCUT2D eigenvalue weighted by Crippen LogP contribution is -2.48. The lowest BCUT2D eigenvalue weighted by atomic mass is 10.1. The van der Waals surface area contributed by atoms with Gasteiger partial charge in [-0.1, -0.05) is 41.4 Å². The average molecular weight is 469 g/mol. The van der Waals surface area contributed by atoms with Crippen molar-refractivity contribution in [3.05, 3.63) is 69.2 Å². The fraction of sp³-hybridized carbons (Fsp3) is 0.333. The first kappa shape index (κ1) is 24.9. The predicted molar refractivity (Wildman–Crippen MR) is 120 cm³/mol. The number of carbonyl (C=O) groups excluding carboxylic acids is 2. The number of ether oxygens (including phenoxy) is 1. The van der Waals surface area contributed by atoms with Gasteiger partial charge in [0.25, 0.3) is 0 Å². The lowest BCUT2D eigenvalue weighted by Gasteiger charge is -2.33. The minimum absolute atomic E-state index is 0. The van der Waals surface area contributed by atoms with Gasteiger partial charge in [0.1, 0.15) is 0 Å². The Balaban J connectivity index is 0.00000341. The van der Waals surface area contributed by atoms with Crippen LogP contribution in [0.2, 0.25) is 10.0 Å². The molecule has 1 heterocycles. The Morgan fingerprint density at radius 1 is 1.06 bits per heavy atom. The first-order valence-electron chi connectivity index (χ1n) is 9.59. The molecule has 1 aliphatic heterocycles. The molecule has 0 saturated carbocycles. The molecule has 8 nitrogen and oxygen atoms in total. The third-order valence-electron chi connectivity index (χ3n) is 4.79. The number of hydrogen-bond donors (Lipinski definition) is 3. The molecule has 1 atom stereocenters. The van der Waals surface area contributed by atoms with Gasteiger partial charge in [-0.15, -0.1) is 0 Å². The van der Waals surface area contributed by atoms with Crippen LogP contribution in [0.1, 0.15) is 21.5 Å². The summed E-state index contributed by atoms with van der Waals surface area (Å²) in [6, 6.07) is 12.1. The molecule has 1 saturated heterocycles. The van der Waals surface area contributed by atoms with Crippen LogP contribution in [0.15, 0.2) is 42.5 Å². The van der Waals surface area contributed by atoms with Gasteiger partial charge in [-0.25, -0.2) is 4.79 Å². The number of carbonyl (C=O) groups is 2. The van der Waals surface area contributed by atoms with E-state index in [1.54, 1.807) is 30.3 Å². The molecule has 0 aliphatic carbocycles. The van der Waals surface area contributed by atoms with Gasteiger partial charge in [0.15, 0.2) is 0 Å². The van der Waals surface area contributed by atoms with E-state index in [9.17, 15) is 9.59 Å². The Bertz CT molecular complexity index is 895. The van der Waals surface area contributed by atoms with Crippen LogP contribution in [-0.2, 0) is 17.8 Å². The van der Waals surface area contributed by atoms with Crippen molar-refractivity contribution >= 4 is 35.1 Å². The molecular formula is C21H26Cl2N4O4. The zero-order valence-corrected chi connectivity index (χ0v) is 18.4. The van der Waals surface area contributed by atoms with Crippen molar-refractivity contribution in [2.24, 2.45) is 5.73 Å². The molecule has 1 aliphatic rings. The van der Waals surface area contributed by atoms with Gasteiger partial charge in [-0.2, -0.15) is 0 Å². The van der Waals surface area contributed by atoms with Crippen molar-refractivity contribution in [3.8, 4) is 0 Å². The number of amides is 3. The largest absolute Gasteiger partial charge is 0.412 e. The number of hydrogen-bond acceptors (Lipinski definition) is 4. The maximum absolute atomic E-state index is 12.1. The van der Waals surface area contributed by atoms with Gasteiger partial charge < -0.3 is 26.6 Å². The number of nitrogens with one attached hydrogen (secondary N) is 2. The molecule has 0 unspecified atom stereocenters. The number of nitrogens with zero attached hydrogens (tertiary/aromatic N) is 1. The second-order valence-electron chi connectivity index (χ2n) is 7.10. The van der Waals surface area contributed by atoms with Crippen molar-refractivity contribution in [1.82, 2.24) is 15.5 Å². The second kappa shape index (κ2) is 11.9. The van der Waals surface area contributed by atoms with Crippen LogP contribution in [0.3, 0.4) is 0 Å². The predicted octanol–water partition coefficient (Wildman–Crippen LogP) is 1.97. The van der Waals surface area contributed by atoms with Crippen LogP contribution < -0.4 is 16.4 Å². The second-order valence-corrected chi connectivity index (χ2v) is 7.92. The van der Waals surface area contributed by atoms with E-state index in [1.807, 2.05) is 12.1 Å². The maximum Gasteiger partial charge on any atom is 0.315 e.